The molecular weight excluding hydrogens is 156 g/mol. The van der Waals surface area contributed by atoms with Crippen LogP contribution in [0.4, 0.5) is 0 Å². The summed E-state index contributed by atoms with van der Waals surface area (Å²) in [6.07, 6.45) is 5.25. The Morgan fingerprint density at radius 3 is 3.00 bits per heavy atom. The lowest BCUT2D eigenvalue weighted by Crippen LogP contribution is -2.45. The number of fused-ring (bicyclic) bond motifs is 1. The molecule has 0 aromatic rings. The van der Waals surface area contributed by atoms with E-state index < -0.39 is 0 Å². The second kappa shape index (κ2) is 3.56. The van der Waals surface area contributed by atoms with Crippen molar-refractivity contribution in [1.82, 2.24) is 0 Å². The maximum atomic E-state index is 9.04. The number of hydrogen-bond donors (Lipinski definition) is 1. The van der Waals surface area contributed by atoms with Crippen LogP contribution in [0, 0.1) is 5.92 Å². The van der Waals surface area contributed by atoms with Crippen LogP contribution in [0.2, 0.25) is 0 Å². The molecule has 2 rings (SSSR count). The fourth-order valence-corrected chi connectivity index (χ4v) is 1.85. The van der Waals surface area contributed by atoms with Crippen LogP contribution in [0.25, 0.3) is 0 Å². The van der Waals surface area contributed by atoms with Crippen LogP contribution in [-0.4, -0.2) is 37.1 Å². The molecule has 3 atom stereocenters. The van der Waals surface area contributed by atoms with Gasteiger partial charge in [-0.2, -0.15) is 0 Å². The summed E-state index contributed by atoms with van der Waals surface area (Å²) >= 11 is 0. The van der Waals surface area contributed by atoms with E-state index in [1.165, 1.54) is 0 Å². The van der Waals surface area contributed by atoms with Gasteiger partial charge in [-0.1, -0.05) is 12.2 Å². The molecular formula is C9H14O3. The van der Waals surface area contributed by atoms with Crippen molar-refractivity contribution >= 4 is 0 Å². The standard InChI is InChI=1S/C9H14O3/c10-6-7-2-1-3-8-9(7)12-5-4-11-8/h1-2,7-10H,3-6H2/t7-,8-,9?/m1/s1. The predicted molar refractivity (Wildman–Crippen MR) is 43.8 cm³/mol. The van der Waals surface area contributed by atoms with Crippen molar-refractivity contribution in [3.05, 3.63) is 12.2 Å². The highest BCUT2D eigenvalue weighted by Crippen LogP contribution is 2.26. The minimum absolute atomic E-state index is 0.0775. The molecule has 1 N–H and O–H groups in total. The summed E-state index contributed by atoms with van der Waals surface area (Å²) in [5, 5.41) is 9.04. The molecule has 0 radical (unpaired) electrons. The molecule has 3 heteroatoms. The Hall–Kier alpha value is -0.380. The van der Waals surface area contributed by atoms with Gasteiger partial charge in [-0.05, 0) is 6.42 Å². The molecule has 68 valence electrons. The van der Waals surface area contributed by atoms with Crippen molar-refractivity contribution in [3.63, 3.8) is 0 Å². The Labute approximate surface area is 72.0 Å². The first-order valence-corrected chi connectivity index (χ1v) is 4.42. The Balaban J connectivity index is 2.07. The molecule has 0 aromatic carbocycles. The fourth-order valence-electron chi connectivity index (χ4n) is 1.85. The first-order chi connectivity index (χ1) is 5.92. The molecule has 0 saturated carbocycles. The SMILES string of the molecule is OC[C@H]1C=CC[C@H]2OCCOC12. The van der Waals surface area contributed by atoms with E-state index in [-0.39, 0.29) is 24.7 Å². The lowest BCUT2D eigenvalue weighted by molar-refractivity contribution is -0.159. The summed E-state index contributed by atoms with van der Waals surface area (Å²) in [7, 11) is 0. The van der Waals surface area contributed by atoms with Crippen molar-refractivity contribution in [2.75, 3.05) is 19.8 Å². The molecule has 1 fully saturated rings. The number of ether oxygens (including phenoxy) is 2. The molecule has 0 spiro atoms. The van der Waals surface area contributed by atoms with E-state index in [0.29, 0.717) is 13.2 Å². The highest BCUT2D eigenvalue weighted by Gasteiger charge is 2.33. The van der Waals surface area contributed by atoms with E-state index in [0.717, 1.165) is 6.42 Å². The highest BCUT2D eigenvalue weighted by molar-refractivity contribution is 5.03. The van der Waals surface area contributed by atoms with Gasteiger partial charge in [0.2, 0.25) is 0 Å². The van der Waals surface area contributed by atoms with Gasteiger partial charge in [0.25, 0.3) is 0 Å². The maximum Gasteiger partial charge on any atom is 0.0925 e. The first kappa shape index (κ1) is 8.23. The Morgan fingerprint density at radius 2 is 2.17 bits per heavy atom. The zero-order chi connectivity index (χ0) is 8.39. The maximum absolute atomic E-state index is 9.04. The number of hydrogen-bond acceptors (Lipinski definition) is 3. The minimum atomic E-state index is 0.0775. The first-order valence-electron chi connectivity index (χ1n) is 4.42. The van der Waals surface area contributed by atoms with Crippen LogP contribution in [0.1, 0.15) is 6.42 Å². The summed E-state index contributed by atoms with van der Waals surface area (Å²) in [5.41, 5.74) is 0. The highest BCUT2D eigenvalue weighted by atomic mass is 16.6. The van der Waals surface area contributed by atoms with Crippen molar-refractivity contribution in [2.45, 2.75) is 18.6 Å². The van der Waals surface area contributed by atoms with E-state index in [2.05, 4.69) is 6.08 Å². The molecule has 2 aliphatic rings. The Morgan fingerprint density at radius 1 is 1.33 bits per heavy atom. The van der Waals surface area contributed by atoms with E-state index in [9.17, 15) is 0 Å². The second-order valence-electron chi connectivity index (χ2n) is 3.25. The average Bonchev–Trinajstić information content (AvgIpc) is 2.17. The molecule has 1 saturated heterocycles. The number of aliphatic hydroxyl groups is 1. The topological polar surface area (TPSA) is 38.7 Å². The van der Waals surface area contributed by atoms with Gasteiger partial charge in [0.05, 0.1) is 32.0 Å². The quantitative estimate of drug-likeness (QED) is 0.577. The molecule has 0 aromatic heterocycles. The molecule has 1 aliphatic heterocycles. The molecule has 1 unspecified atom stereocenters. The van der Waals surface area contributed by atoms with Crippen LogP contribution in [0.15, 0.2) is 12.2 Å². The van der Waals surface area contributed by atoms with Gasteiger partial charge in [0.15, 0.2) is 0 Å². The third kappa shape index (κ3) is 1.40. The van der Waals surface area contributed by atoms with Crippen molar-refractivity contribution in [1.29, 1.82) is 0 Å². The van der Waals surface area contributed by atoms with Crippen LogP contribution in [0.3, 0.4) is 0 Å². The number of rotatable bonds is 1. The molecule has 3 nitrogen and oxygen atoms in total. The van der Waals surface area contributed by atoms with Crippen molar-refractivity contribution in [2.24, 2.45) is 5.92 Å². The normalized spacial score (nSPS) is 40.9. The lowest BCUT2D eigenvalue weighted by Gasteiger charge is -2.37. The molecule has 1 heterocycles. The zero-order valence-corrected chi connectivity index (χ0v) is 6.98. The van der Waals surface area contributed by atoms with E-state index in [1.807, 2.05) is 6.08 Å². The van der Waals surface area contributed by atoms with Crippen molar-refractivity contribution < 1.29 is 14.6 Å². The predicted octanol–water partition coefficient (Wildman–Crippen LogP) is 0.339. The summed E-state index contributed by atoms with van der Waals surface area (Å²) in [6, 6.07) is 0. The molecule has 0 bridgehead atoms. The third-order valence-electron chi connectivity index (χ3n) is 2.48. The Bertz CT molecular complexity index is 179. The Kier molecular flexibility index (Phi) is 2.44. The van der Waals surface area contributed by atoms with E-state index >= 15 is 0 Å². The second-order valence-corrected chi connectivity index (χ2v) is 3.25. The van der Waals surface area contributed by atoms with Gasteiger partial charge in [-0.15, -0.1) is 0 Å². The minimum Gasteiger partial charge on any atom is -0.396 e. The summed E-state index contributed by atoms with van der Waals surface area (Å²) in [6.45, 7) is 1.50. The third-order valence-corrected chi connectivity index (χ3v) is 2.48. The van der Waals surface area contributed by atoms with Gasteiger partial charge in [0.1, 0.15) is 0 Å². The molecule has 12 heavy (non-hydrogen) atoms. The molecule has 0 amide bonds. The number of aliphatic hydroxyl groups excluding tert-OH is 1. The van der Waals surface area contributed by atoms with Gasteiger partial charge in [-0.25, -0.2) is 0 Å². The smallest absolute Gasteiger partial charge is 0.0925 e. The van der Waals surface area contributed by atoms with Gasteiger partial charge < -0.3 is 14.6 Å². The summed E-state index contributed by atoms with van der Waals surface area (Å²) in [5.74, 6) is 0.129. The van der Waals surface area contributed by atoms with Gasteiger partial charge >= 0.3 is 0 Å². The van der Waals surface area contributed by atoms with Crippen molar-refractivity contribution in [3.8, 4) is 0 Å². The average molecular weight is 170 g/mol. The summed E-state index contributed by atoms with van der Waals surface area (Å²) in [4.78, 5) is 0. The summed E-state index contributed by atoms with van der Waals surface area (Å²) < 4.78 is 11.1. The zero-order valence-electron chi connectivity index (χ0n) is 6.98. The van der Waals surface area contributed by atoms with Gasteiger partial charge in [0, 0.05) is 5.92 Å². The van der Waals surface area contributed by atoms with Crippen LogP contribution in [-0.2, 0) is 9.47 Å². The largest absolute Gasteiger partial charge is 0.396 e. The molecule has 1 aliphatic carbocycles. The van der Waals surface area contributed by atoms with E-state index in [1.54, 1.807) is 0 Å². The van der Waals surface area contributed by atoms with Crippen LogP contribution >= 0.6 is 0 Å². The van der Waals surface area contributed by atoms with E-state index in [4.69, 9.17) is 14.6 Å². The van der Waals surface area contributed by atoms with Crippen LogP contribution in [0.5, 0.6) is 0 Å². The van der Waals surface area contributed by atoms with Gasteiger partial charge in [-0.3, -0.25) is 0 Å². The lowest BCUT2D eigenvalue weighted by atomic mass is 9.90. The fraction of sp³-hybridized carbons (Fsp3) is 0.778. The van der Waals surface area contributed by atoms with Crippen LogP contribution < -0.4 is 0 Å². The monoisotopic (exact) mass is 170 g/mol.